The second-order valence-corrected chi connectivity index (χ2v) is 4.57. The largest absolute Gasteiger partial charge is 0.454 e. The van der Waals surface area contributed by atoms with Crippen LogP contribution in [-0.4, -0.2) is 12.8 Å². The van der Waals surface area contributed by atoms with Gasteiger partial charge in [0, 0.05) is 12.6 Å². The molecule has 1 heterocycles. The minimum Gasteiger partial charge on any atom is -0.454 e. The van der Waals surface area contributed by atoms with Gasteiger partial charge in [-0.25, -0.2) is 0 Å². The average Bonchev–Trinajstić information content (AvgIpc) is 2.74. The minimum atomic E-state index is 0.296. The Hall–Kier alpha value is -1.00. The predicted molar refractivity (Wildman–Crippen MR) is 66.8 cm³/mol. The number of halogens is 1. The molecule has 0 aliphatic carbocycles. The van der Waals surface area contributed by atoms with Crippen molar-refractivity contribution in [2.45, 2.75) is 19.5 Å². The van der Waals surface area contributed by atoms with Crippen molar-refractivity contribution in [3.63, 3.8) is 0 Å². The highest BCUT2D eigenvalue weighted by atomic mass is 79.9. The molecule has 0 bridgehead atoms. The Morgan fingerprint density at radius 3 is 3.12 bits per heavy atom. The molecular weight excluding hydrogens is 270 g/mol. The third kappa shape index (κ3) is 2.39. The molecular formula is C12H14BrNO2. The molecule has 1 unspecified atom stereocenters. The molecule has 86 valence electrons. The Morgan fingerprint density at radius 2 is 2.38 bits per heavy atom. The van der Waals surface area contributed by atoms with Crippen molar-refractivity contribution in [3.05, 3.63) is 34.8 Å². The zero-order chi connectivity index (χ0) is 11.5. The maximum Gasteiger partial charge on any atom is 0.231 e. The lowest BCUT2D eigenvalue weighted by molar-refractivity contribution is 0.173. The first-order chi connectivity index (χ1) is 7.70. The molecule has 1 aliphatic rings. The van der Waals surface area contributed by atoms with Crippen LogP contribution in [0.25, 0.3) is 0 Å². The molecule has 1 aromatic carbocycles. The van der Waals surface area contributed by atoms with Crippen molar-refractivity contribution in [3.8, 4) is 11.5 Å². The summed E-state index contributed by atoms with van der Waals surface area (Å²) in [6, 6.07) is 4.33. The van der Waals surface area contributed by atoms with Crippen LogP contribution in [0.2, 0.25) is 0 Å². The van der Waals surface area contributed by atoms with E-state index in [4.69, 9.17) is 9.47 Å². The fourth-order valence-corrected chi connectivity index (χ4v) is 2.09. The van der Waals surface area contributed by atoms with Crippen molar-refractivity contribution >= 4 is 15.9 Å². The van der Waals surface area contributed by atoms with Crippen LogP contribution in [0, 0.1) is 0 Å². The van der Waals surface area contributed by atoms with E-state index < -0.39 is 0 Å². The van der Waals surface area contributed by atoms with Crippen LogP contribution in [0.3, 0.4) is 0 Å². The molecule has 1 aromatic rings. The van der Waals surface area contributed by atoms with Crippen molar-refractivity contribution < 1.29 is 9.47 Å². The molecule has 4 heteroatoms. The predicted octanol–water partition coefficient (Wildman–Crippen LogP) is 2.84. The van der Waals surface area contributed by atoms with E-state index >= 15 is 0 Å². The normalized spacial score (nSPS) is 14.9. The molecule has 0 saturated heterocycles. The number of nitrogens with one attached hydrogen (secondary N) is 1. The number of benzene rings is 1. The van der Waals surface area contributed by atoms with Gasteiger partial charge in [0.15, 0.2) is 11.5 Å². The molecule has 1 atom stereocenters. The van der Waals surface area contributed by atoms with Gasteiger partial charge in [-0.3, -0.25) is 0 Å². The molecule has 0 radical (unpaired) electrons. The molecule has 3 nitrogen and oxygen atoms in total. The second kappa shape index (κ2) is 4.89. The molecule has 0 amide bonds. The van der Waals surface area contributed by atoms with Gasteiger partial charge in [0.05, 0.1) is 4.47 Å². The monoisotopic (exact) mass is 283 g/mol. The first-order valence-electron chi connectivity index (χ1n) is 5.14. The number of rotatable bonds is 4. The molecule has 2 rings (SSSR count). The quantitative estimate of drug-likeness (QED) is 0.862. The SMILES string of the molecule is C=CC(C)NCc1cc(Br)c2c(c1)OCO2. The van der Waals surface area contributed by atoms with Crippen LogP contribution in [0.4, 0.5) is 0 Å². The van der Waals surface area contributed by atoms with Crippen LogP contribution in [0.15, 0.2) is 29.3 Å². The lowest BCUT2D eigenvalue weighted by Crippen LogP contribution is -2.22. The molecule has 0 spiro atoms. The van der Waals surface area contributed by atoms with Crippen molar-refractivity contribution in [1.82, 2.24) is 5.32 Å². The number of hydrogen-bond donors (Lipinski definition) is 1. The van der Waals surface area contributed by atoms with Crippen LogP contribution in [-0.2, 0) is 6.54 Å². The van der Waals surface area contributed by atoms with E-state index in [2.05, 4.69) is 34.7 Å². The Kier molecular flexibility index (Phi) is 3.51. The summed E-state index contributed by atoms with van der Waals surface area (Å²) in [5.41, 5.74) is 1.16. The number of hydrogen-bond acceptors (Lipinski definition) is 3. The number of fused-ring (bicyclic) bond motifs is 1. The summed E-state index contributed by atoms with van der Waals surface area (Å²) >= 11 is 3.47. The summed E-state index contributed by atoms with van der Waals surface area (Å²) in [7, 11) is 0. The van der Waals surface area contributed by atoms with Gasteiger partial charge >= 0.3 is 0 Å². The van der Waals surface area contributed by atoms with E-state index in [0.29, 0.717) is 12.8 Å². The first-order valence-corrected chi connectivity index (χ1v) is 5.94. The van der Waals surface area contributed by atoms with Gasteiger partial charge in [-0.15, -0.1) is 6.58 Å². The van der Waals surface area contributed by atoms with Gasteiger partial charge < -0.3 is 14.8 Å². The lowest BCUT2D eigenvalue weighted by atomic mass is 10.2. The minimum absolute atomic E-state index is 0.296. The van der Waals surface area contributed by atoms with Crippen LogP contribution in [0.1, 0.15) is 12.5 Å². The zero-order valence-corrected chi connectivity index (χ0v) is 10.7. The van der Waals surface area contributed by atoms with Crippen molar-refractivity contribution in [2.24, 2.45) is 0 Å². The average molecular weight is 284 g/mol. The summed E-state index contributed by atoms with van der Waals surface area (Å²) < 4.78 is 11.6. The maximum atomic E-state index is 5.35. The van der Waals surface area contributed by atoms with E-state index in [0.717, 1.165) is 28.1 Å². The highest BCUT2D eigenvalue weighted by Crippen LogP contribution is 2.39. The van der Waals surface area contributed by atoms with Gasteiger partial charge in [0.1, 0.15) is 0 Å². The smallest absolute Gasteiger partial charge is 0.231 e. The molecule has 1 N–H and O–H groups in total. The molecule has 1 aliphatic heterocycles. The Labute approximate surface area is 104 Å². The van der Waals surface area contributed by atoms with E-state index in [1.807, 2.05) is 18.2 Å². The first kappa shape index (κ1) is 11.5. The summed E-state index contributed by atoms with van der Waals surface area (Å²) in [5, 5.41) is 3.33. The van der Waals surface area contributed by atoms with Crippen LogP contribution < -0.4 is 14.8 Å². The second-order valence-electron chi connectivity index (χ2n) is 3.72. The summed E-state index contributed by atoms with van der Waals surface area (Å²) in [4.78, 5) is 0. The fourth-order valence-electron chi connectivity index (χ4n) is 1.49. The lowest BCUT2D eigenvalue weighted by Gasteiger charge is -2.10. The zero-order valence-electron chi connectivity index (χ0n) is 9.13. The Balaban J connectivity index is 2.11. The third-order valence-electron chi connectivity index (χ3n) is 2.47. The van der Waals surface area contributed by atoms with Gasteiger partial charge in [0.2, 0.25) is 6.79 Å². The van der Waals surface area contributed by atoms with Gasteiger partial charge in [-0.05, 0) is 40.5 Å². The van der Waals surface area contributed by atoms with Gasteiger partial charge in [0.25, 0.3) is 0 Å². The highest BCUT2D eigenvalue weighted by molar-refractivity contribution is 9.10. The van der Waals surface area contributed by atoms with E-state index in [1.54, 1.807) is 0 Å². The highest BCUT2D eigenvalue weighted by Gasteiger charge is 2.17. The molecule has 0 saturated carbocycles. The topological polar surface area (TPSA) is 30.5 Å². The maximum absolute atomic E-state index is 5.35. The van der Waals surface area contributed by atoms with E-state index in [1.165, 1.54) is 0 Å². The Bertz CT molecular complexity index is 406. The van der Waals surface area contributed by atoms with Crippen LogP contribution in [0.5, 0.6) is 11.5 Å². The Morgan fingerprint density at radius 1 is 1.56 bits per heavy atom. The summed E-state index contributed by atoms with van der Waals surface area (Å²) in [5.74, 6) is 1.60. The molecule has 0 fully saturated rings. The standard InChI is InChI=1S/C12H14BrNO2/c1-3-8(2)14-6-9-4-10(13)12-11(5-9)15-7-16-12/h3-5,8,14H,1,6-7H2,2H3. The fraction of sp³-hybridized carbons (Fsp3) is 0.333. The van der Waals surface area contributed by atoms with Crippen molar-refractivity contribution in [1.29, 1.82) is 0 Å². The van der Waals surface area contributed by atoms with Crippen LogP contribution >= 0.6 is 15.9 Å². The van der Waals surface area contributed by atoms with E-state index in [-0.39, 0.29) is 0 Å². The van der Waals surface area contributed by atoms with E-state index in [9.17, 15) is 0 Å². The number of ether oxygens (including phenoxy) is 2. The summed E-state index contributed by atoms with van der Waals surface area (Å²) in [6.45, 7) is 6.88. The molecule has 0 aromatic heterocycles. The third-order valence-corrected chi connectivity index (χ3v) is 3.06. The van der Waals surface area contributed by atoms with Crippen molar-refractivity contribution in [2.75, 3.05) is 6.79 Å². The van der Waals surface area contributed by atoms with Gasteiger partial charge in [-0.1, -0.05) is 6.08 Å². The summed E-state index contributed by atoms with van der Waals surface area (Å²) in [6.07, 6.45) is 1.88. The van der Waals surface area contributed by atoms with Gasteiger partial charge in [-0.2, -0.15) is 0 Å². The molecule has 16 heavy (non-hydrogen) atoms.